The summed E-state index contributed by atoms with van der Waals surface area (Å²) in [4.78, 5) is 24.6. The third-order valence-corrected chi connectivity index (χ3v) is 4.90. The Kier molecular flexibility index (Phi) is 3.93. The van der Waals surface area contributed by atoms with Crippen LogP contribution < -0.4 is 5.56 Å². The van der Waals surface area contributed by atoms with Crippen molar-refractivity contribution in [3.05, 3.63) is 55.9 Å². The van der Waals surface area contributed by atoms with Crippen LogP contribution in [0, 0.1) is 5.92 Å². The van der Waals surface area contributed by atoms with Crippen molar-refractivity contribution in [2.45, 2.75) is 24.9 Å². The Hall–Kier alpha value is -1.86. The predicted octanol–water partition coefficient (Wildman–Crippen LogP) is 1.69. The van der Waals surface area contributed by atoms with Crippen LogP contribution in [0.4, 0.5) is 0 Å². The van der Waals surface area contributed by atoms with Gasteiger partial charge in [0.2, 0.25) is 0 Å². The lowest BCUT2D eigenvalue weighted by Gasteiger charge is -2.40. The number of nitrogens with one attached hydrogen (secondary N) is 2. The average molecular weight is 381 g/mol. The minimum absolute atomic E-state index is 0.172. The van der Waals surface area contributed by atoms with Crippen LogP contribution in [0.15, 0.2) is 33.5 Å². The number of aliphatic hydroxyl groups is 1. The molecule has 0 amide bonds. The van der Waals surface area contributed by atoms with E-state index in [-0.39, 0.29) is 12.0 Å². The van der Waals surface area contributed by atoms with Gasteiger partial charge in [0, 0.05) is 28.1 Å². The minimum atomic E-state index is -1.34. The summed E-state index contributed by atoms with van der Waals surface area (Å²) in [7, 11) is 1.28. The maximum atomic E-state index is 12.4. The third-order valence-electron chi connectivity index (χ3n) is 4.41. The van der Waals surface area contributed by atoms with Gasteiger partial charge in [0.05, 0.1) is 18.6 Å². The van der Waals surface area contributed by atoms with E-state index in [9.17, 15) is 14.7 Å². The Labute approximate surface area is 141 Å². The van der Waals surface area contributed by atoms with Gasteiger partial charge in [-0.05, 0) is 24.6 Å². The zero-order valence-electron chi connectivity index (χ0n) is 12.7. The minimum Gasteiger partial charge on any atom is -0.469 e. The lowest BCUT2D eigenvalue weighted by Crippen LogP contribution is -2.49. The fraction of sp³-hybridized carbons (Fsp3) is 0.375. The molecule has 1 heterocycles. The molecule has 0 aliphatic heterocycles. The van der Waals surface area contributed by atoms with Crippen molar-refractivity contribution in [1.29, 1.82) is 0 Å². The van der Waals surface area contributed by atoms with E-state index in [2.05, 4.69) is 26.1 Å². The maximum Gasteiger partial charge on any atom is 0.312 e. The number of halogens is 1. The number of carbonyl (C=O) groups excluding carboxylic acids is 1. The number of fused-ring (bicyclic) bond motifs is 1. The average Bonchev–Trinajstić information content (AvgIpc) is 2.84. The van der Waals surface area contributed by atoms with Gasteiger partial charge in [0.1, 0.15) is 0 Å². The maximum absolute atomic E-state index is 12.4. The second-order valence-corrected chi connectivity index (χ2v) is 6.95. The predicted molar refractivity (Wildman–Crippen MR) is 87.2 cm³/mol. The van der Waals surface area contributed by atoms with E-state index in [0.29, 0.717) is 11.3 Å². The van der Waals surface area contributed by atoms with Gasteiger partial charge in [-0.25, -0.2) is 0 Å². The summed E-state index contributed by atoms with van der Waals surface area (Å²) in [6.45, 7) is 1.59. The molecular weight excluding hydrogens is 364 g/mol. The fourth-order valence-electron chi connectivity index (χ4n) is 3.44. The van der Waals surface area contributed by atoms with Gasteiger partial charge in [0.15, 0.2) is 0 Å². The largest absolute Gasteiger partial charge is 0.469 e. The van der Waals surface area contributed by atoms with E-state index in [1.807, 2.05) is 24.3 Å². The summed E-state index contributed by atoms with van der Waals surface area (Å²) in [5.41, 5.74) is 0.240. The van der Waals surface area contributed by atoms with Crippen molar-refractivity contribution in [2.75, 3.05) is 7.11 Å². The highest BCUT2D eigenvalue weighted by molar-refractivity contribution is 9.10. The molecule has 7 heteroatoms. The highest BCUT2D eigenvalue weighted by atomic mass is 79.9. The van der Waals surface area contributed by atoms with E-state index in [4.69, 9.17) is 4.74 Å². The second kappa shape index (κ2) is 5.65. The van der Waals surface area contributed by atoms with Gasteiger partial charge >= 0.3 is 5.97 Å². The van der Waals surface area contributed by atoms with Crippen LogP contribution >= 0.6 is 15.9 Å². The van der Waals surface area contributed by atoms with Crippen molar-refractivity contribution in [2.24, 2.45) is 5.92 Å². The number of aromatic nitrogens is 2. The first kappa shape index (κ1) is 16.0. The summed E-state index contributed by atoms with van der Waals surface area (Å²) in [5.74, 6) is -1.99. The molecule has 0 fully saturated rings. The molecule has 1 aliphatic rings. The number of hydrogen-bond donors (Lipinski definition) is 3. The monoisotopic (exact) mass is 380 g/mol. The molecule has 2 aromatic rings. The lowest BCUT2D eigenvalue weighted by molar-refractivity contribution is -0.156. The van der Waals surface area contributed by atoms with Crippen molar-refractivity contribution in [3.63, 3.8) is 0 Å². The topological polar surface area (TPSA) is 95.2 Å². The van der Waals surface area contributed by atoms with Gasteiger partial charge in [-0.15, -0.1) is 0 Å². The molecule has 3 rings (SSSR count). The normalized spacial score (nSPS) is 26.6. The molecule has 23 heavy (non-hydrogen) atoms. The third kappa shape index (κ3) is 2.64. The Morgan fingerprint density at radius 1 is 1.43 bits per heavy atom. The van der Waals surface area contributed by atoms with E-state index in [1.165, 1.54) is 7.11 Å². The van der Waals surface area contributed by atoms with Crippen molar-refractivity contribution in [1.82, 2.24) is 10.2 Å². The zero-order chi connectivity index (χ0) is 16.8. The number of aromatic amines is 2. The highest BCUT2D eigenvalue weighted by Crippen LogP contribution is 2.44. The molecule has 3 atom stereocenters. The molecule has 0 bridgehead atoms. The molecule has 0 radical (unpaired) electrons. The van der Waals surface area contributed by atoms with Crippen LogP contribution in [0.1, 0.15) is 29.7 Å². The molecule has 0 unspecified atom stereocenters. The van der Waals surface area contributed by atoms with Crippen molar-refractivity contribution in [3.8, 4) is 0 Å². The number of H-pyrrole nitrogens is 2. The fourth-order valence-corrected chi connectivity index (χ4v) is 3.86. The number of rotatable bonds is 2. The summed E-state index contributed by atoms with van der Waals surface area (Å²) in [6, 6.07) is 7.37. The van der Waals surface area contributed by atoms with Crippen LogP contribution in [0.2, 0.25) is 0 Å². The Balaban J connectivity index is 2.26. The molecule has 122 valence electrons. The second-order valence-electron chi connectivity index (χ2n) is 6.04. The molecule has 1 aliphatic carbocycles. The highest BCUT2D eigenvalue weighted by Gasteiger charge is 2.51. The number of methoxy groups -OCH3 is 1. The first-order chi connectivity index (χ1) is 10.8. The van der Waals surface area contributed by atoms with Crippen LogP contribution in [-0.4, -0.2) is 34.0 Å². The van der Waals surface area contributed by atoms with E-state index >= 15 is 0 Å². The molecule has 0 spiro atoms. The van der Waals surface area contributed by atoms with Crippen molar-refractivity contribution >= 4 is 21.9 Å². The van der Waals surface area contributed by atoms with Crippen LogP contribution in [-0.2, 0) is 16.0 Å². The number of benzene rings is 1. The van der Waals surface area contributed by atoms with Gasteiger partial charge in [-0.1, -0.05) is 28.1 Å². The Morgan fingerprint density at radius 3 is 2.83 bits per heavy atom. The summed E-state index contributed by atoms with van der Waals surface area (Å²) < 4.78 is 5.74. The smallest absolute Gasteiger partial charge is 0.312 e. The van der Waals surface area contributed by atoms with Crippen LogP contribution in [0.25, 0.3) is 0 Å². The summed E-state index contributed by atoms with van der Waals surface area (Å²) >= 11 is 3.41. The van der Waals surface area contributed by atoms with Gasteiger partial charge < -0.3 is 14.9 Å². The lowest BCUT2D eigenvalue weighted by atomic mass is 9.66. The van der Waals surface area contributed by atoms with E-state index in [1.54, 1.807) is 6.92 Å². The molecule has 1 aromatic heterocycles. The van der Waals surface area contributed by atoms with E-state index < -0.39 is 23.4 Å². The summed E-state index contributed by atoms with van der Waals surface area (Å²) in [6.07, 6.45) is 0.172. The number of esters is 1. The standard InChI is InChI=1S/C16H17BrN2O4/c1-16(22)7-10-12(14(20)19-18-10)11(13(16)15(21)23-2)8-4-3-5-9(17)6-8/h3-6,11,13,22H,7H2,1-2H3,(H2,18,19,20)/t11-,13-,16-/m0/s1. The molecule has 1 aromatic carbocycles. The molecule has 0 saturated heterocycles. The van der Waals surface area contributed by atoms with Crippen LogP contribution in [0.5, 0.6) is 0 Å². The van der Waals surface area contributed by atoms with Crippen LogP contribution in [0.3, 0.4) is 0 Å². The van der Waals surface area contributed by atoms with Gasteiger partial charge in [-0.3, -0.25) is 14.7 Å². The molecule has 6 nitrogen and oxygen atoms in total. The number of hydrogen-bond acceptors (Lipinski definition) is 4. The molecule has 3 N–H and O–H groups in total. The first-order valence-corrected chi connectivity index (χ1v) is 7.99. The number of ether oxygens (including phenoxy) is 1. The summed E-state index contributed by atoms with van der Waals surface area (Å²) in [5, 5.41) is 16.2. The van der Waals surface area contributed by atoms with Gasteiger partial charge in [-0.2, -0.15) is 0 Å². The van der Waals surface area contributed by atoms with E-state index in [0.717, 1.165) is 10.0 Å². The molecule has 0 saturated carbocycles. The van der Waals surface area contributed by atoms with Gasteiger partial charge in [0.25, 0.3) is 5.56 Å². The Bertz CT molecular complexity index is 808. The van der Waals surface area contributed by atoms with Crippen molar-refractivity contribution < 1.29 is 14.6 Å². The quantitative estimate of drug-likeness (QED) is 0.690. The SMILES string of the molecule is COC(=O)[C@@H]1[C@@H](c2cccc(Br)c2)c2c([nH][nH]c2=O)C[C@]1(C)O. The zero-order valence-corrected chi connectivity index (χ0v) is 14.3. The first-order valence-electron chi connectivity index (χ1n) is 7.20. The number of carbonyl (C=O) groups is 1. The molecular formula is C16H17BrN2O4. The Morgan fingerprint density at radius 2 is 2.17 bits per heavy atom.